The number of benzene rings is 3. The summed E-state index contributed by atoms with van der Waals surface area (Å²) in [5, 5.41) is 5.07. The molecule has 1 atom stereocenters. The minimum Gasteiger partial charge on any atom is -0.496 e. The van der Waals surface area contributed by atoms with Crippen molar-refractivity contribution in [3.63, 3.8) is 0 Å². The van der Waals surface area contributed by atoms with Gasteiger partial charge < -0.3 is 10.1 Å². The van der Waals surface area contributed by atoms with E-state index in [0.717, 1.165) is 10.8 Å². The largest absolute Gasteiger partial charge is 0.496 e. The van der Waals surface area contributed by atoms with Gasteiger partial charge in [0, 0.05) is 28.0 Å². The minimum absolute atomic E-state index is 0.126. The van der Waals surface area contributed by atoms with Crippen LogP contribution in [0, 0.1) is 0 Å². The van der Waals surface area contributed by atoms with Gasteiger partial charge in [-0.3, -0.25) is 4.79 Å². The molecule has 1 aliphatic heterocycles. The fourth-order valence-corrected chi connectivity index (χ4v) is 5.59. The molecule has 3 aromatic rings. The average molecular weight is 445 g/mol. The van der Waals surface area contributed by atoms with Crippen LogP contribution < -0.4 is 10.1 Å². The van der Waals surface area contributed by atoms with Crippen molar-refractivity contribution >= 4 is 44.0 Å². The quantitative estimate of drug-likeness (QED) is 0.636. The second kappa shape index (κ2) is 8.26. The van der Waals surface area contributed by atoms with E-state index in [2.05, 4.69) is 5.32 Å². The average Bonchev–Trinajstić information content (AvgIpc) is 3.25. The highest BCUT2D eigenvalue weighted by molar-refractivity contribution is 7.89. The first-order valence-corrected chi connectivity index (χ1v) is 11.4. The van der Waals surface area contributed by atoms with Crippen molar-refractivity contribution in [2.45, 2.75) is 23.8 Å². The predicted octanol–water partition coefficient (Wildman–Crippen LogP) is 4.29. The number of halogens is 1. The molecule has 0 aromatic heterocycles. The fourth-order valence-electron chi connectivity index (χ4n) is 3.81. The maximum atomic E-state index is 13.1. The molecule has 1 aliphatic rings. The first-order valence-electron chi connectivity index (χ1n) is 9.56. The lowest BCUT2D eigenvalue weighted by atomic mass is 10.1. The standard InChI is InChI=1S/C22H21ClN2O4S/c1-29-21-13-12-19(17-5-2-3-6-18(17)21)24-22(26)20-7-4-14-25(20)30(27,28)16-10-8-15(23)9-11-16/h2-3,5-6,8-13,20H,4,7,14H2,1H3,(H,24,26). The molecule has 1 heterocycles. The Kier molecular flexibility index (Phi) is 5.69. The van der Waals surface area contributed by atoms with Gasteiger partial charge in [-0.1, -0.05) is 35.9 Å². The van der Waals surface area contributed by atoms with Crippen molar-refractivity contribution in [1.82, 2.24) is 4.31 Å². The molecule has 0 radical (unpaired) electrons. The van der Waals surface area contributed by atoms with Gasteiger partial charge in [0.1, 0.15) is 11.8 Å². The Labute approximate surface area is 180 Å². The zero-order valence-electron chi connectivity index (χ0n) is 16.3. The lowest BCUT2D eigenvalue weighted by molar-refractivity contribution is -0.119. The highest BCUT2D eigenvalue weighted by atomic mass is 35.5. The van der Waals surface area contributed by atoms with Gasteiger partial charge in [0.15, 0.2) is 0 Å². The number of amides is 1. The Morgan fingerprint density at radius 2 is 1.77 bits per heavy atom. The summed E-state index contributed by atoms with van der Waals surface area (Å²) < 4.78 is 32.9. The Bertz CT molecular complexity index is 1200. The number of ether oxygens (including phenoxy) is 1. The van der Waals surface area contributed by atoms with E-state index in [1.807, 2.05) is 24.3 Å². The zero-order chi connectivity index (χ0) is 21.3. The smallest absolute Gasteiger partial charge is 0.243 e. The lowest BCUT2D eigenvalue weighted by Crippen LogP contribution is -2.43. The van der Waals surface area contributed by atoms with E-state index >= 15 is 0 Å². The second-order valence-electron chi connectivity index (χ2n) is 7.08. The molecule has 0 saturated carbocycles. The van der Waals surface area contributed by atoms with Crippen molar-refractivity contribution in [1.29, 1.82) is 0 Å². The van der Waals surface area contributed by atoms with Crippen LogP contribution in [0.2, 0.25) is 5.02 Å². The molecular weight excluding hydrogens is 424 g/mol. The van der Waals surface area contributed by atoms with E-state index in [0.29, 0.717) is 35.8 Å². The molecule has 4 rings (SSSR count). The number of hydrogen-bond donors (Lipinski definition) is 1. The van der Waals surface area contributed by atoms with Crippen LogP contribution in [0.4, 0.5) is 5.69 Å². The van der Waals surface area contributed by atoms with Crippen LogP contribution in [-0.4, -0.2) is 38.3 Å². The minimum atomic E-state index is -3.80. The number of hydrogen-bond acceptors (Lipinski definition) is 4. The number of carbonyl (C=O) groups excluding carboxylic acids is 1. The third-order valence-electron chi connectivity index (χ3n) is 5.29. The zero-order valence-corrected chi connectivity index (χ0v) is 17.9. The fraction of sp³-hybridized carbons (Fsp3) is 0.227. The number of fused-ring (bicyclic) bond motifs is 1. The molecule has 1 fully saturated rings. The van der Waals surface area contributed by atoms with Crippen molar-refractivity contribution in [2.24, 2.45) is 0 Å². The van der Waals surface area contributed by atoms with Crippen LogP contribution in [-0.2, 0) is 14.8 Å². The molecule has 6 nitrogen and oxygen atoms in total. The third-order valence-corrected chi connectivity index (χ3v) is 7.46. The molecule has 1 unspecified atom stereocenters. The van der Waals surface area contributed by atoms with E-state index in [1.54, 1.807) is 19.2 Å². The molecule has 0 aliphatic carbocycles. The molecule has 1 saturated heterocycles. The molecule has 0 bridgehead atoms. The Morgan fingerprint density at radius 3 is 2.47 bits per heavy atom. The first kappa shape index (κ1) is 20.7. The molecule has 8 heteroatoms. The normalized spacial score (nSPS) is 17.2. The van der Waals surface area contributed by atoms with Crippen molar-refractivity contribution < 1.29 is 17.9 Å². The van der Waals surface area contributed by atoms with E-state index in [-0.39, 0.29) is 10.8 Å². The monoisotopic (exact) mass is 444 g/mol. The number of anilines is 1. The van der Waals surface area contributed by atoms with Crippen LogP contribution in [0.15, 0.2) is 65.6 Å². The first-order chi connectivity index (χ1) is 14.4. The molecular formula is C22H21ClN2O4S. The van der Waals surface area contributed by atoms with Gasteiger partial charge in [-0.2, -0.15) is 4.31 Å². The van der Waals surface area contributed by atoms with Crippen LogP contribution in [0.5, 0.6) is 5.75 Å². The second-order valence-corrected chi connectivity index (χ2v) is 9.40. The van der Waals surface area contributed by atoms with Crippen LogP contribution in [0.3, 0.4) is 0 Å². The predicted molar refractivity (Wildman–Crippen MR) is 117 cm³/mol. The summed E-state index contributed by atoms with van der Waals surface area (Å²) >= 11 is 5.88. The number of methoxy groups -OCH3 is 1. The lowest BCUT2D eigenvalue weighted by Gasteiger charge is -2.24. The number of nitrogens with one attached hydrogen (secondary N) is 1. The van der Waals surface area contributed by atoms with Gasteiger partial charge in [-0.15, -0.1) is 0 Å². The van der Waals surface area contributed by atoms with Gasteiger partial charge in [-0.05, 0) is 49.2 Å². The maximum absolute atomic E-state index is 13.1. The molecule has 0 spiro atoms. The molecule has 1 amide bonds. The number of carbonyl (C=O) groups is 1. The summed E-state index contributed by atoms with van der Waals surface area (Å²) in [5.41, 5.74) is 0.618. The van der Waals surface area contributed by atoms with E-state index in [4.69, 9.17) is 16.3 Å². The summed E-state index contributed by atoms with van der Waals surface area (Å²) in [4.78, 5) is 13.2. The van der Waals surface area contributed by atoms with E-state index in [9.17, 15) is 13.2 Å². The molecule has 3 aromatic carbocycles. The SMILES string of the molecule is COc1ccc(NC(=O)C2CCCN2S(=O)(=O)c2ccc(Cl)cc2)c2ccccc12. The Hall–Kier alpha value is -2.61. The Balaban J connectivity index is 1.62. The van der Waals surface area contributed by atoms with Crippen molar-refractivity contribution in [2.75, 3.05) is 19.0 Å². The highest BCUT2D eigenvalue weighted by Crippen LogP contribution is 2.33. The number of nitrogens with zero attached hydrogens (tertiary/aromatic N) is 1. The van der Waals surface area contributed by atoms with Gasteiger partial charge in [-0.25, -0.2) is 8.42 Å². The molecule has 1 N–H and O–H groups in total. The summed E-state index contributed by atoms with van der Waals surface area (Å²) in [6, 6.07) is 16.3. The summed E-state index contributed by atoms with van der Waals surface area (Å²) in [6.45, 7) is 0.298. The third kappa shape index (κ3) is 3.76. The topological polar surface area (TPSA) is 75.7 Å². The van der Waals surface area contributed by atoms with Crippen molar-refractivity contribution in [3.8, 4) is 5.75 Å². The number of rotatable bonds is 5. The Morgan fingerprint density at radius 1 is 1.07 bits per heavy atom. The van der Waals surface area contributed by atoms with E-state index < -0.39 is 16.1 Å². The van der Waals surface area contributed by atoms with Crippen molar-refractivity contribution in [3.05, 3.63) is 65.7 Å². The number of sulfonamides is 1. The highest BCUT2D eigenvalue weighted by Gasteiger charge is 2.39. The van der Waals surface area contributed by atoms with Gasteiger partial charge in [0.25, 0.3) is 0 Å². The van der Waals surface area contributed by atoms with Crippen LogP contribution >= 0.6 is 11.6 Å². The summed E-state index contributed by atoms with van der Waals surface area (Å²) in [6.07, 6.45) is 1.08. The maximum Gasteiger partial charge on any atom is 0.243 e. The van der Waals surface area contributed by atoms with Crippen LogP contribution in [0.1, 0.15) is 12.8 Å². The summed E-state index contributed by atoms with van der Waals surface area (Å²) in [5.74, 6) is 0.358. The van der Waals surface area contributed by atoms with E-state index in [1.165, 1.54) is 28.6 Å². The van der Waals surface area contributed by atoms with Gasteiger partial charge in [0.2, 0.25) is 15.9 Å². The summed E-state index contributed by atoms with van der Waals surface area (Å²) in [7, 11) is -2.21. The molecule has 30 heavy (non-hydrogen) atoms. The molecule has 156 valence electrons. The van der Waals surface area contributed by atoms with Gasteiger partial charge in [0.05, 0.1) is 12.0 Å². The van der Waals surface area contributed by atoms with Crippen LogP contribution in [0.25, 0.3) is 10.8 Å². The van der Waals surface area contributed by atoms with Gasteiger partial charge >= 0.3 is 0 Å².